The summed E-state index contributed by atoms with van der Waals surface area (Å²) in [6.45, 7) is 9.56. The van der Waals surface area contributed by atoms with E-state index in [9.17, 15) is 0 Å². The van der Waals surface area contributed by atoms with E-state index in [4.69, 9.17) is 5.26 Å². The molecule has 2 nitrogen and oxygen atoms in total. The minimum absolute atomic E-state index is 0.164. The van der Waals surface area contributed by atoms with Crippen LogP contribution in [0.4, 0.5) is 0 Å². The molecule has 0 amide bonds. The Balaban J connectivity index is 2.83. The molecule has 0 fully saturated rings. The van der Waals surface area contributed by atoms with E-state index in [0.29, 0.717) is 0 Å². The number of hydrogen-bond donors (Lipinski definition) is 1. The van der Waals surface area contributed by atoms with E-state index in [1.807, 2.05) is 0 Å². The van der Waals surface area contributed by atoms with E-state index >= 15 is 0 Å². The van der Waals surface area contributed by atoms with Gasteiger partial charge in [0.2, 0.25) is 0 Å². The molecule has 0 radical (unpaired) electrons. The van der Waals surface area contributed by atoms with Gasteiger partial charge in [0.1, 0.15) is 6.04 Å². The zero-order chi connectivity index (χ0) is 12.9. The van der Waals surface area contributed by atoms with Crippen molar-refractivity contribution in [2.24, 2.45) is 0 Å². The van der Waals surface area contributed by atoms with E-state index in [0.717, 1.165) is 18.5 Å². The molecule has 17 heavy (non-hydrogen) atoms. The number of rotatable bonds is 4. The predicted octanol–water partition coefficient (Wildman–Crippen LogP) is 3.55. The quantitative estimate of drug-likeness (QED) is 0.858. The molecule has 92 valence electrons. The molecule has 1 rings (SSSR count). The van der Waals surface area contributed by atoms with Gasteiger partial charge in [0.25, 0.3) is 0 Å². The second kappa shape index (κ2) is 5.84. The largest absolute Gasteiger partial charge is 0.298 e. The van der Waals surface area contributed by atoms with Gasteiger partial charge in [0.15, 0.2) is 0 Å². The Morgan fingerprint density at radius 1 is 1.24 bits per heavy atom. The molecule has 0 aliphatic heterocycles. The number of nitrogens with one attached hydrogen (secondary N) is 1. The van der Waals surface area contributed by atoms with Gasteiger partial charge in [0.05, 0.1) is 6.07 Å². The van der Waals surface area contributed by atoms with Crippen LogP contribution in [0.1, 0.15) is 51.3 Å². The lowest BCUT2D eigenvalue weighted by Crippen LogP contribution is -2.21. The first-order chi connectivity index (χ1) is 7.99. The highest BCUT2D eigenvalue weighted by Crippen LogP contribution is 2.23. The molecule has 2 heteroatoms. The summed E-state index contributed by atoms with van der Waals surface area (Å²) < 4.78 is 0. The fourth-order valence-corrected chi connectivity index (χ4v) is 1.70. The fourth-order valence-electron chi connectivity index (χ4n) is 1.70. The maximum atomic E-state index is 9.12. The average molecular weight is 230 g/mol. The summed E-state index contributed by atoms with van der Waals surface area (Å²) >= 11 is 0. The van der Waals surface area contributed by atoms with Crippen molar-refractivity contribution >= 4 is 0 Å². The van der Waals surface area contributed by atoms with Gasteiger partial charge in [-0.3, -0.25) is 5.32 Å². The highest BCUT2D eigenvalue weighted by molar-refractivity contribution is 5.31. The van der Waals surface area contributed by atoms with Crippen LogP contribution in [-0.4, -0.2) is 6.54 Å². The van der Waals surface area contributed by atoms with E-state index in [-0.39, 0.29) is 11.5 Å². The first kappa shape index (κ1) is 13.7. The Kier molecular flexibility index (Phi) is 4.72. The van der Waals surface area contributed by atoms with Crippen LogP contribution in [0.2, 0.25) is 0 Å². The molecule has 0 aromatic heterocycles. The van der Waals surface area contributed by atoms with E-state index in [1.165, 1.54) is 5.56 Å². The minimum atomic E-state index is -0.191. The van der Waals surface area contributed by atoms with Crippen molar-refractivity contribution in [1.82, 2.24) is 5.32 Å². The minimum Gasteiger partial charge on any atom is -0.298 e. The summed E-state index contributed by atoms with van der Waals surface area (Å²) in [7, 11) is 0. The standard InChI is InChI=1S/C15H22N2/c1-5-10-17-14(11-16)12-6-8-13(9-7-12)15(2,3)4/h6-9,14,17H,5,10H2,1-4H3. The van der Waals surface area contributed by atoms with Crippen LogP contribution >= 0.6 is 0 Å². The molecule has 1 atom stereocenters. The highest BCUT2D eigenvalue weighted by atomic mass is 14.9. The SMILES string of the molecule is CCCNC(C#N)c1ccc(C(C)(C)C)cc1. The first-order valence-corrected chi connectivity index (χ1v) is 6.22. The van der Waals surface area contributed by atoms with Gasteiger partial charge in [-0.25, -0.2) is 0 Å². The van der Waals surface area contributed by atoms with Gasteiger partial charge in [0, 0.05) is 0 Å². The summed E-state index contributed by atoms with van der Waals surface area (Å²) in [6.07, 6.45) is 1.04. The summed E-state index contributed by atoms with van der Waals surface area (Å²) in [5.41, 5.74) is 2.51. The molecule has 0 bridgehead atoms. The molecule has 0 saturated heterocycles. The topological polar surface area (TPSA) is 35.8 Å². The fraction of sp³-hybridized carbons (Fsp3) is 0.533. The molecule has 1 N–H and O–H groups in total. The molecule has 0 aliphatic carbocycles. The van der Waals surface area contributed by atoms with Crippen LogP contribution in [0.25, 0.3) is 0 Å². The van der Waals surface area contributed by atoms with Gasteiger partial charge in [-0.1, -0.05) is 52.0 Å². The molecule has 0 spiro atoms. The maximum Gasteiger partial charge on any atom is 0.121 e. The molecule has 1 unspecified atom stereocenters. The lowest BCUT2D eigenvalue weighted by molar-refractivity contribution is 0.587. The van der Waals surface area contributed by atoms with Crippen molar-refractivity contribution in [3.63, 3.8) is 0 Å². The Morgan fingerprint density at radius 2 is 1.82 bits per heavy atom. The van der Waals surface area contributed by atoms with E-state index in [2.05, 4.69) is 63.3 Å². The van der Waals surface area contributed by atoms with Gasteiger partial charge in [-0.15, -0.1) is 0 Å². The summed E-state index contributed by atoms with van der Waals surface area (Å²) in [4.78, 5) is 0. The van der Waals surface area contributed by atoms with Crippen molar-refractivity contribution in [2.45, 2.75) is 45.6 Å². The first-order valence-electron chi connectivity index (χ1n) is 6.22. The maximum absolute atomic E-state index is 9.12. The zero-order valence-corrected chi connectivity index (χ0v) is 11.2. The van der Waals surface area contributed by atoms with Crippen molar-refractivity contribution in [3.05, 3.63) is 35.4 Å². The predicted molar refractivity (Wildman–Crippen MR) is 71.8 cm³/mol. The summed E-state index contributed by atoms with van der Waals surface area (Å²) in [5, 5.41) is 12.4. The molecule has 0 saturated carbocycles. The van der Waals surface area contributed by atoms with Gasteiger partial charge in [-0.05, 0) is 29.5 Å². The van der Waals surface area contributed by atoms with Gasteiger partial charge in [-0.2, -0.15) is 5.26 Å². The molecule has 1 aromatic carbocycles. The Hall–Kier alpha value is -1.33. The monoisotopic (exact) mass is 230 g/mol. The van der Waals surface area contributed by atoms with Crippen LogP contribution in [-0.2, 0) is 5.41 Å². The highest BCUT2D eigenvalue weighted by Gasteiger charge is 2.14. The third-order valence-electron chi connectivity index (χ3n) is 2.84. The van der Waals surface area contributed by atoms with Crippen molar-refractivity contribution in [3.8, 4) is 6.07 Å². The van der Waals surface area contributed by atoms with Crippen molar-refractivity contribution in [1.29, 1.82) is 5.26 Å². The van der Waals surface area contributed by atoms with E-state index < -0.39 is 0 Å². The number of nitriles is 1. The van der Waals surface area contributed by atoms with Crippen LogP contribution in [0.5, 0.6) is 0 Å². The van der Waals surface area contributed by atoms with Crippen molar-refractivity contribution < 1.29 is 0 Å². The van der Waals surface area contributed by atoms with Crippen LogP contribution in [0.15, 0.2) is 24.3 Å². The molecule has 0 aliphatic rings. The van der Waals surface area contributed by atoms with E-state index in [1.54, 1.807) is 0 Å². The molecular weight excluding hydrogens is 208 g/mol. The lowest BCUT2D eigenvalue weighted by Gasteiger charge is -2.20. The van der Waals surface area contributed by atoms with Crippen LogP contribution in [0.3, 0.4) is 0 Å². The molecule has 0 heterocycles. The Morgan fingerprint density at radius 3 is 2.24 bits per heavy atom. The number of benzene rings is 1. The van der Waals surface area contributed by atoms with Crippen LogP contribution < -0.4 is 5.32 Å². The molecular formula is C15H22N2. The van der Waals surface area contributed by atoms with Crippen molar-refractivity contribution in [2.75, 3.05) is 6.54 Å². The summed E-state index contributed by atoms with van der Waals surface area (Å²) in [5.74, 6) is 0. The Bertz CT molecular complexity index is 379. The van der Waals surface area contributed by atoms with Crippen LogP contribution in [0, 0.1) is 11.3 Å². The normalized spacial score (nSPS) is 13.1. The smallest absolute Gasteiger partial charge is 0.121 e. The Labute approximate surface area is 105 Å². The number of nitrogens with zero attached hydrogens (tertiary/aromatic N) is 1. The third kappa shape index (κ3) is 3.87. The van der Waals surface area contributed by atoms with Gasteiger partial charge < -0.3 is 0 Å². The number of hydrogen-bond acceptors (Lipinski definition) is 2. The zero-order valence-electron chi connectivity index (χ0n) is 11.2. The second-order valence-electron chi connectivity index (χ2n) is 5.39. The molecule has 1 aromatic rings. The lowest BCUT2D eigenvalue weighted by atomic mass is 9.86. The second-order valence-corrected chi connectivity index (χ2v) is 5.39. The third-order valence-corrected chi connectivity index (χ3v) is 2.84. The van der Waals surface area contributed by atoms with Gasteiger partial charge >= 0.3 is 0 Å². The average Bonchev–Trinajstić information content (AvgIpc) is 2.29. The summed E-state index contributed by atoms with van der Waals surface area (Å²) in [6, 6.07) is 10.5.